The van der Waals surface area contributed by atoms with Gasteiger partial charge in [0.2, 0.25) is 0 Å². The van der Waals surface area contributed by atoms with Crippen molar-refractivity contribution in [1.29, 1.82) is 0 Å². The molecule has 142 valence electrons. The summed E-state index contributed by atoms with van der Waals surface area (Å²) in [6.07, 6.45) is 3.77. The third kappa shape index (κ3) is 5.43. The summed E-state index contributed by atoms with van der Waals surface area (Å²) in [6.45, 7) is 4.58. The van der Waals surface area contributed by atoms with Crippen LogP contribution in [0.15, 0.2) is 28.7 Å². The largest absolute Gasteiger partial charge is 0.353 e. The second-order valence-electron chi connectivity index (χ2n) is 5.90. The van der Waals surface area contributed by atoms with E-state index in [1.54, 1.807) is 24.6 Å². The van der Waals surface area contributed by atoms with Gasteiger partial charge in [-0.15, -0.1) is 35.3 Å². The predicted molar refractivity (Wildman–Crippen MR) is 120 cm³/mol. The van der Waals surface area contributed by atoms with Crippen molar-refractivity contribution in [2.24, 2.45) is 4.99 Å². The Kier molecular flexibility index (Phi) is 8.36. The second kappa shape index (κ2) is 10.3. The number of pyridine rings is 1. The van der Waals surface area contributed by atoms with Gasteiger partial charge in [-0.05, 0) is 25.0 Å². The van der Waals surface area contributed by atoms with Crippen LogP contribution >= 0.6 is 46.9 Å². The van der Waals surface area contributed by atoms with Crippen molar-refractivity contribution in [3.63, 3.8) is 0 Å². The molecule has 0 aliphatic carbocycles. The van der Waals surface area contributed by atoms with Crippen LogP contribution in [0.5, 0.6) is 0 Å². The number of guanidine groups is 1. The van der Waals surface area contributed by atoms with E-state index in [1.807, 2.05) is 12.1 Å². The lowest BCUT2D eigenvalue weighted by molar-refractivity contribution is 0.647. The molecule has 1 atom stereocenters. The minimum atomic E-state index is 0. The number of aromatic nitrogens is 2. The number of aliphatic imine (C=N–C) groups is 1. The molecule has 3 heterocycles. The highest BCUT2D eigenvalue weighted by Gasteiger charge is 2.25. The van der Waals surface area contributed by atoms with Crippen molar-refractivity contribution in [2.45, 2.75) is 32.4 Å². The summed E-state index contributed by atoms with van der Waals surface area (Å²) in [5.41, 5.74) is 1.05. The normalized spacial score (nSPS) is 17.1. The molecular weight excluding hydrogens is 483 g/mol. The average molecular weight is 507 g/mol. The van der Waals surface area contributed by atoms with Crippen LogP contribution in [0.1, 0.15) is 24.0 Å². The summed E-state index contributed by atoms with van der Waals surface area (Å²) in [6, 6.07) is 4.04. The number of hydrogen-bond acceptors (Lipinski definition) is 5. The van der Waals surface area contributed by atoms with Gasteiger partial charge in [0.1, 0.15) is 5.82 Å². The van der Waals surface area contributed by atoms with Gasteiger partial charge in [0.25, 0.3) is 0 Å². The molecule has 3 rings (SSSR count). The molecule has 0 saturated carbocycles. The summed E-state index contributed by atoms with van der Waals surface area (Å²) in [7, 11) is 1.79. The van der Waals surface area contributed by atoms with Crippen LogP contribution in [-0.2, 0) is 13.0 Å². The van der Waals surface area contributed by atoms with Gasteiger partial charge in [0.15, 0.2) is 5.96 Å². The SMILES string of the molecule is CCc1nc(CNC(=NC)NC2CCN(c3ncccc3Cl)C2)cs1.I. The molecule has 1 fully saturated rings. The molecule has 0 amide bonds. The van der Waals surface area contributed by atoms with Crippen molar-refractivity contribution < 1.29 is 0 Å². The Morgan fingerprint density at radius 2 is 2.35 bits per heavy atom. The summed E-state index contributed by atoms with van der Waals surface area (Å²) < 4.78 is 0. The molecule has 1 saturated heterocycles. The number of thiazole rings is 1. The zero-order valence-electron chi connectivity index (χ0n) is 14.9. The van der Waals surface area contributed by atoms with Gasteiger partial charge in [0.05, 0.1) is 22.3 Å². The minimum absolute atomic E-state index is 0. The standard InChI is InChI=1S/C17H23ClN6S.HI/c1-3-15-22-13(11-25-15)9-21-17(19-2)23-12-6-8-24(10-12)16-14(18)5-4-7-20-16;/h4-5,7,11-12H,3,6,8-10H2,1-2H3,(H2,19,21,23);1H. The topological polar surface area (TPSA) is 65.4 Å². The first-order valence-electron chi connectivity index (χ1n) is 8.45. The van der Waals surface area contributed by atoms with Gasteiger partial charge in [-0.3, -0.25) is 4.99 Å². The third-order valence-electron chi connectivity index (χ3n) is 4.13. The fraction of sp³-hybridized carbons (Fsp3) is 0.471. The highest BCUT2D eigenvalue weighted by Crippen LogP contribution is 2.25. The molecule has 2 aromatic heterocycles. The zero-order chi connectivity index (χ0) is 17.6. The van der Waals surface area contributed by atoms with Crippen molar-refractivity contribution >= 4 is 58.7 Å². The first-order chi connectivity index (χ1) is 12.2. The number of nitrogens with zero attached hydrogens (tertiary/aromatic N) is 4. The molecule has 2 aromatic rings. The maximum atomic E-state index is 6.25. The van der Waals surface area contributed by atoms with Gasteiger partial charge >= 0.3 is 0 Å². The number of aryl methyl sites for hydroxylation is 1. The first-order valence-corrected chi connectivity index (χ1v) is 9.71. The van der Waals surface area contributed by atoms with Crippen LogP contribution in [0.4, 0.5) is 5.82 Å². The third-order valence-corrected chi connectivity index (χ3v) is 5.47. The molecule has 6 nitrogen and oxygen atoms in total. The summed E-state index contributed by atoms with van der Waals surface area (Å²) in [5, 5.41) is 10.8. The van der Waals surface area contributed by atoms with E-state index in [1.165, 1.54) is 5.01 Å². The molecule has 2 N–H and O–H groups in total. The predicted octanol–water partition coefficient (Wildman–Crippen LogP) is 3.32. The van der Waals surface area contributed by atoms with Gasteiger partial charge in [-0.2, -0.15) is 0 Å². The fourth-order valence-electron chi connectivity index (χ4n) is 2.84. The highest BCUT2D eigenvalue weighted by molar-refractivity contribution is 14.0. The van der Waals surface area contributed by atoms with Crippen molar-refractivity contribution in [3.8, 4) is 0 Å². The van der Waals surface area contributed by atoms with E-state index in [0.29, 0.717) is 17.6 Å². The minimum Gasteiger partial charge on any atom is -0.353 e. The molecule has 1 unspecified atom stereocenters. The van der Waals surface area contributed by atoms with Gasteiger partial charge < -0.3 is 15.5 Å². The molecule has 9 heteroatoms. The van der Waals surface area contributed by atoms with Gasteiger partial charge in [-0.25, -0.2) is 9.97 Å². The summed E-state index contributed by atoms with van der Waals surface area (Å²) in [4.78, 5) is 15.5. The van der Waals surface area contributed by atoms with Crippen LogP contribution in [0.25, 0.3) is 0 Å². The molecule has 0 spiro atoms. The van der Waals surface area contributed by atoms with E-state index in [2.05, 4.69) is 42.8 Å². The quantitative estimate of drug-likeness (QED) is 0.370. The lowest BCUT2D eigenvalue weighted by Crippen LogP contribution is -2.44. The fourth-order valence-corrected chi connectivity index (χ4v) is 3.82. The Balaban J connectivity index is 0.00000243. The van der Waals surface area contributed by atoms with E-state index in [0.717, 1.165) is 43.4 Å². The van der Waals surface area contributed by atoms with Crippen molar-refractivity contribution in [1.82, 2.24) is 20.6 Å². The number of rotatable bonds is 5. The molecule has 1 aliphatic rings. The molecule has 0 radical (unpaired) electrons. The van der Waals surface area contributed by atoms with Crippen LogP contribution < -0.4 is 15.5 Å². The summed E-state index contributed by atoms with van der Waals surface area (Å²) >= 11 is 7.95. The van der Waals surface area contributed by atoms with E-state index in [9.17, 15) is 0 Å². The van der Waals surface area contributed by atoms with Crippen molar-refractivity contribution in [2.75, 3.05) is 25.0 Å². The first kappa shape index (κ1) is 21.2. The Hall–Kier alpha value is -1.13. The van der Waals surface area contributed by atoms with E-state index < -0.39 is 0 Å². The monoisotopic (exact) mass is 506 g/mol. The molecule has 0 aromatic carbocycles. The van der Waals surface area contributed by atoms with E-state index in [-0.39, 0.29) is 24.0 Å². The Morgan fingerprint density at radius 3 is 3.04 bits per heavy atom. The maximum Gasteiger partial charge on any atom is 0.191 e. The van der Waals surface area contributed by atoms with Crippen LogP contribution in [-0.4, -0.2) is 42.1 Å². The van der Waals surface area contributed by atoms with Crippen LogP contribution in [0.2, 0.25) is 5.02 Å². The van der Waals surface area contributed by atoms with E-state index >= 15 is 0 Å². The molecular formula is C17H24ClIN6S. The smallest absolute Gasteiger partial charge is 0.191 e. The molecule has 1 aliphatic heterocycles. The highest BCUT2D eigenvalue weighted by atomic mass is 127. The average Bonchev–Trinajstić information content (AvgIpc) is 3.28. The van der Waals surface area contributed by atoms with E-state index in [4.69, 9.17) is 11.6 Å². The lowest BCUT2D eigenvalue weighted by atomic mass is 10.3. The molecule has 26 heavy (non-hydrogen) atoms. The summed E-state index contributed by atoms with van der Waals surface area (Å²) in [5.74, 6) is 1.65. The second-order valence-corrected chi connectivity index (χ2v) is 7.25. The van der Waals surface area contributed by atoms with Gasteiger partial charge in [0, 0.05) is 37.8 Å². The number of nitrogens with one attached hydrogen (secondary N) is 2. The maximum absolute atomic E-state index is 6.25. The lowest BCUT2D eigenvalue weighted by Gasteiger charge is -2.20. The number of halogens is 2. The molecule has 0 bridgehead atoms. The Bertz CT molecular complexity index is 738. The van der Waals surface area contributed by atoms with Crippen LogP contribution in [0, 0.1) is 0 Å². The Labute approximate surface area is 180 Å². The number of anilines is 1. The number of hydrogen-bond donors (Lipinski definition) is 2. The zero-order valence-corrected chi connectivity index (χ0v) is 18.8. The Morgan fingerprint density at radius 1 is 1.50 bits per heavy atom. The van der Waals surface area contributed by atoms with Crippen molar-refractivity contribution in [3.05, 3.63) is 39.4 Å². The van der Waals surface area contributed by atoms with Gasteiger partial charge in [-0.1, -0.05) is 18.5 Å². The van der Waals surface area contributed by atoms with Crippen LogP contribution in [0.3, 0.4) is 0 Å².